The van der Waals surface area contributed by atoms with Crippen molar-refractivity contribution >= 4 is 39.8 Å². The number of benzene rings is 2. The van der Waals surface area contributed by atoms with Crippen molar-refractivity contribution < 1.29 is 23.9 Å². The smallest absolute Gasteiger partial charge is 0.328 e. The largest absolute Gasteiger partial charge is 0.493 e. The van der Waals surface area contributed by atoms with Gasteiger partial charge in [0.25, 0.3) is 0 Å². The third-order valence-corrected chi connectivity index (χ3v) is 6.59. The van der Waals surface area contributed by atoms with Crippen molar-refractivity contribution in [1.82, 2.24) is 16.0 Å². The topological polar surface area (TPSA) is 106 Å². The Labute approximate surface area is 226 Å². The second kappa shape index (κ2) is 13.9. The third kappa shape index (κ3) is 8.16. The fraction of sp³-hybridized carbons (Fsp3) is 0.393. The third-order valence-electron chi connectivity index (χ3n) is 6.10. The molecule has 2 aromatic carbocycles. The Hall–Kier alpha value is -3.17. The Bertz CT molecular complexity index is 1100. The molecule has 37 heavy (non-hydrogen) atoms. The minimum absolute atomic E-state index is 0.204. The second-order valence-electron chi connectivity index (χ2n) is 8.74. The van der Waals surface area contributed by atoms with Crippen molar-refractivity contribution in [2.24, 2.45) is 0 Å². The minimum Gasteiger partial charge on any atom is -0.493 e. The van der Waals surface area contributed by atoms with Gasteiger partial charge in [-0.2, -0.15) is 0 Å². The summed E-state index contributed by atoms with van der Waals surface area (Å²) in [6.07, 6.45) is 4.13. The van der Waals surface area contributed by atoms with Crippen molar-refractivity contribution in [3.05, 3.63) is 70.2 Å². The Morgan fingerprint density at radius 3 is 2.49 bits per heavy atom. The number of nitrogens with one attached hydrogen (secondary N) is 3. The number of rotatable bonds is 11. The van der Waals surface area contributed by atoms with Gasteiger partial charge in [0.2, 0.25) is 11.8 Å². The zero-order valence-corrected chi connectivity index (χ0v) is 22.8. The lowest BCUT2D eigenvalue weighted by Crippen LogP contribution is -2.64. The van der Waals surface area contributed by atoms with Gasteiger partial charge >= 0.3 is 5.97 Å². The molecule has 1 heterocycles. The number of halogens is 1. The first kappa shape index (κ1) is 28.4. The minimum atomic E-state index is -1.16. The van der Waals surface area contributed by atoms with E-state index in [1.165, 1.54) is 6.08 Å². The van der Waals surface area contributed by atoms with Gasteiger partial charge in [-0.1, -0.05) is 46.3 Å². The van der Waals surface area contributed by atoms with Crippen LogP contribution in [0, 0.1) is 0 Å². The molecule has 2 amide bonds. The summed E-state index contributed by atoms with van der Waals surface area (Å²) in [6, 6.07) is 14.1. The molecule has 8 nitrogen and oxygen atoms in total. The Balaban J connectivity index is 1.78. The summed E-state index contributed by atoms with van der Waals surface area (Å²) in [5, 5.41) is 9.02. The second-order valence-corrected chi connectivity index (χ2v) is 9.65. The zero-order valence-electron chi connectivity index (χ0n) is 21.2. The number of carbonyl (C=O) groups excluding carboxylic acids is 3. The normalized spacial score (nSPS) is 15.5. The Kier molecular flexibility index (Phi) is 10.7. The summed E-state index contributed by atoms with van der Waals surface area (Å²) < 4.78 is 11.7. The number of esters is 1. The molecule has 0 radical (unpaired) electrons. The molecule has 3 N–H and O–H groups in total. The molecule has 0 spiro atoms. The molecule has 198 valence electrons. The van der Waals surface area contributed by atoms with Crippen LogP contribution in [0.1, 0.15) is 37.8 Å². The van der Waals surface area contributed by atoms with Gasteiger partial charge in [-0.25, -0.2) is 4.79 Å². The summed E-state index contributed by atoms with van der Waals surface area (Å²) in [7, 11) is 0. The maximum atomic E-state index is 13.6. The van der Waals surface area contributed by atoms with E-state index in [-0.39, 0.29) is 13.0 Å². The highest BCUT2D eigenvalue weighted by Gasteiger charge is 2.42. The van der Waals surface area contributed by atoms with Crippen LogP contribution < -0.4 is 20.7 Å². The Morgan fingerprint density at radius 2 is 1.81 bits per heavy atom. The molecule has 0 saturated carbocycles. The predicted molar refractivity (Wildman–Crippen MR) is 146 cm³/mol. The number of carbonyl (C=O) groups is 3. The van der Waals surface area contributed by atoms with Crippen LogP contribution in [0.25, 0.3) is 6.08 Å². The molecule has 0 aliphatic carbocycles. The molecule has 1 saturated heterocycles. The molecular formula is C28H34BrN3O5. The van der Waals surface area contributed by atoms with Crippen LogP contribution >= 0.6 is 15.9 Å². The van der Waals surface area contributed by atoms with E-state index >= 15 is 0 Å². The lowest BCUT2D eigenvalue weighted by atomic mass is 9.86. The van der Waals surface area contributed by atoms with Crippen LogP contribution in [0.2, 0.25) is 0 Å². The molecule has 3 rings (SSSR count). The maximum absolute atomic E-state index is 13.6. The van der Waals surface area contributed by atoms with Crippen molar-refractivity contribution in [2.75, 3.05) is 26.3 Å². The van der Waals surface area contributed by atoms with Gasteiger partial charge in [-0.3, -0.25) is 9.59 Å². The van der Waals surface area contributed by atoms with Gasteiger partial charge in [0, 0.05) is 22.5 Å². The van der Waals surface area contributed by atoms with Gasteiger partial charge in [0.15, 0.2) is 0 Å². The van der Waals surface area contributed by atoms with E-state index in [1.54, 1.807) is 13.0 Å². The van der Waals surface area contributed by atoms with Gasteiger partial charge < -0.3 is 25.4 Å². The van der Waals surface area contributed by atoms with E-state index < -0.39 is 29.4 Å². The summed E-state index contributed by atoms with van der Waals surface area (Å²) in [4.78, 5) is 39.3. The Morgan fingerprint density at radius 1 is 1.08 bits per heavy atom. The van der Waals surface area contributed by atoms with Crippen LogP contribution in [0.5, 0.6) is 5.75 Å². The average Bonchev–Trinajstić information content (AvgIpc) is 2.89. The van der Waals surface area contributed by atoms with Crippen LogP contribution in [0.15, 0.2) is 59.1 Å². The highest BCUT2D eigenvalue weighted by atomic mass is 79.9. The van der Waals surface area contributed by atoms with Gasteiger partial charge in [-0.15, -0.1) is 0 Å². The summed E-state index contributed by atoms with van der Waals surface area (Å²) in [5.74, 6) is -0.659. The highest BCUT2D eigenvalue weighted by Crippen LogP contribution is 2.25. The summed E-state index contributed by atoms with van der Waals surface area (Å²) in [6.45, 7) is 5.43. The highest BCUT2D eigenvalue weighted by molar-refractivity contribution is 9.10. The van der Waals surface area contributed by atoms with Crippen LogP contribution in [-0.4, -0.2) is 55.7 Å². The zero-order chi connectivity index (χ0) is 26.7. The van der Waals surface area contributed by atoms with Crippen molar-refractivity contribution in [1.29, 1.82) is 0 Å². The van der Waals surface area contributed by atoms with E-state index in [9.17, 15) is 14.4 Å². The number of ether oxygens (including phenoxy) is 2. The van der Waals surface area contributed by atoms with Gasteiger partial charge in [-0.05, 0) is 69.6 Å². The van der Waals surface area contributed by atoms with Crippen LogP contribution in [0.4, 0.5) is 0 Å². The molecule has 1 aliphatic heterocycles. The number of hydrogen-bond acceptors (Lipinski definition) is 6. The van der Waals surface area contributed by atoms with E-state index in [0.717, 1.165) is 15.6 Å². The molecule has 0 bridgehead atoms. The molecule has 1 aliphatic rings. The van der Waals surface area contributed by atoms with Crippen LogP contribution in [0.3, 0.4) is 0 Å². The monoisotopic (exact) mass is 571 g/mol. The fourth-order valence-corrected chi connectivity index (χ4v) is 4.60. The number of amides is 2. The molecule has 1 fully saturated rings. The molecular weight excluding hydrogens is 538 g/mol. The molecule has 1 unspecified atom stereocenters. The van der Waals surface area contributed by atoms with E-state index in [4.69, 9.17) is 9.47 Å². The summed E-state index contributed by atoms with van der Waals surface area (Å²) in [5.41, 5.74) is 0.473. The van der Waals surface area contributed by atoms with E-state index in [0.29, 0.717) is 38.3 Å². The predicted octanol–water partition coefficient (Wildman–Crippen LogP) is 3.39. The molecule has 0 aromatic heterocycles. The molecule has 1 atom stereocenters. The van der Waals surface area contributed by atoms with Crippen LogP contribution in [-0.2, 0) is 25.5 Å². The lowest BCUT2D eigenvalue weighted by molar-refractivity contribution is -0.148. The van der Waals surface area contributed by atoms with E-state index in [2.05, 4.69) is 31.9 Å². The maximum Gasteiger partial charge on any atom is 0.328 e. The van der Waals surface area contributed by atoms with Crippen molar-refractivity contribution in [3.8, 4) is 5.75 Å². The SMILES string of the molecule is CCOC(=O)C(Cc1ccccc1)NC(=O)C1(NC(=O)C=Cc2cc(Br)ccc2OCC)CCNCC1. The first-order valence-corrected chi connectivity index (χ1v) is 13.3. The summed E-state index contributed by atoms with van der Waals surface area (Å²) >= 11 is 3.44. The van der Waals surface area contributed by atoms with Crippen molar-refractivity contribution in [2.45, 2.75) is 44.7 Å². The average molecular weight is 572 g/mol. The van der Waals surface area contributed by atoms with Gasteiger partial charge in [0.05, 0.1) is 13.2 Å². The van der Waals surface area contributed by atoms with E-state index in [1.807, 2.05) is 55.5 Å². The fourth-order valence-electron chi connectivity index (χ4n) is 4.22. The molecule has 2 aromatic rings. The molecule has 9 heteroatoms. The van der Waals surface area contributed by atoms with Crippen molar-refractivity contribution in [3.63, 3.8) is 0 Å². The standard InChI is InChI=1S/C28H34BrN3O5/c1-3-36-24-12-11-22(29)19-21(24)10-13-25(33)32-28(14-16-30-17-15-28)27(35)31-23(26(34)37-4-2)18-20-8-6-5-7-9-20/h5-13,19,23,30H,3-4,14-18H2,1-2H3,(H,31,35)(H,32,33). The first-order chi connectivity index (χ1) is 17.9. The van der Waals surface area contributed by atoms with Gasteiger partial charge in [0.1, 0.15) is 17.3 Å². The number of hydrogen-bond donors (Lipinski definition) is 3. The lowest BCUT2D eigenvalue weighted by Gasteiger charge is -2.37. The first-order valence-electron chi connectivity index (χ1n) is 12.5. The quantitative estimate of drug-likeness (QED) is 0.282. The number of piperidine rings is 1.